The fourth-order valence-electron chi connectivity index (χ4n) is 0.881. The fraction of sp³-hybridized carbons (Fsp3) is 0.625. The van der Waals surface area contributed by atoms with Gasteiger partial charge in [-0.15, -0.1) is 0 Å². The van der Waals surface area contributed by atoms with Crippen molar-refractivity contribution in [2.24, 2.45) is 11.5 Å². The number of nitrogens with zero attached hydrogens (tertiary/aromatic N) is 3. The largest absolute Gasteiger partial charge is 0.368 e. The van der Waals surface area contributed by atoms with Crippen molar-refractivity contribution in [3.8, 4) is 0 Å². The molecule has 0 aromatic carbocycles. The predicted octanol–water partition coefficient (Wildman–Crippen LogP) is -2.50. The molecular weight excluding hydrogens is 222 g/mol. The quantitative estimate of drug-likeness (QED) is 0.304. The summed E-state index contributed by atoms with van der Waals surface area (Å²) in [5.74, 6) is 0.125. The number of hydrogen-bond acceptors (Lipinski definition) is 9. The van der Waals surface area contributed by atoms with Gasteiger partial charge in [0.05, 0.1) is 0 Å². The van der Waals surface area contributed by atoms with Gasteiger partial charge in [0.25, 0.3) is 0 Å². The topological polar surface area (TPSA) is 181 Å². The van der Waals surface area contributed by atoms with Gasteiger partial charge in [-0.2, -0.15) is 15.0 Å². The van der Waals surface area contributed by atoms with Crippen LogP contribution < -0.4 is 34.0 Å². The highest BCUT2D eigenvalue weighted by Gasteiger charge is 1.93. The first-order valence-electron chi connectivity index (χ1n) is 5.23. The maximum Gasteiger partial charge on any atom is 0.226 e. The minimum atomic E-state index is 0.0417. The van der Waals surface area contributed by atoms with Crippen molar-refractivity contribution in [3.05, 3.63) is 0 Å². The standard InChI is InChI=1S/C5H15N3.C3H6N6/c6-2-1-4-8-5-3-7;4-1-7-2(5)9-3(6)8-1/h8H,1-7H2;(H6,4,5,6,7,8,9). The Balaban J connectivity index is 0.000000304. The molecule has 0 saturated heterocycles. The average molecular weight is 243 g/mol. The zero-order chi connectivity index (χ0) is 13.1. The second kappa shape index (κ2) is 9.51. The highest BCUT2D eigenvalue weighted by molar-refractivity contribution is 5.33. The summed E-state index contributed by atoms with van der Waals surface area (Å²) >= 11 is 0. The third kappa shape index (κ3) is 9.23. The summed E-state index contributed by atoms with van der Waals surface area (Å²) in [5.41, 5.74) is 25.9. The average Bonchev–Trinajstić information content (AvgIpc) is 2.23. The summed E-state index contributed by atoms with van der Waals surface area (Å²) in [6, 6.07) is 0. The Morgan fingerprint density at radius 3 is 1.59 bits per heavy atom. The van der Waals surface area contributed by atoms with Crippen LogP contribution in [0.4, 0.5) is 17.8 Å². The van der Waals surface area contributed by atoms with Gasteiger partial charge in [-0.1, -0.05) is 0 Å². The van der Waals surface area contributed by atoms with E-state index in [-0.39, 0.29) is 17.8 Å². The molecule has 1 heterocycles. The van der Waals surface area contributed by atoms with E-state index in [0.717, 1.165) is 26.1 Å². The van der Waals surface area contributed by atoms with E-state index in [9.17, 15) is 0 Å². The van der Waals surface area contributed by atoms with Crippen LogP contribution in [0.5, 0.6) is 0 Å². The van der Waals surface area contributed by atoms with Gasteiger partial charge in [0, 0.05) is 13.1 Å². The molecule has 98 valence electrons. The molecule has 1 aromatic rings. The lowest BCUT2D eigenvalue weighted by atomic mass is 10.4. The monoisotopic (exact) mass is 243 g/mol. The number of rotatable bonds is 5. The minimum Gasteiger partial charge on any atom is -0.368 e. The second-order valence-electron chi connectivity index (χ2n) is 3.09. The normalized spacial score (nSPS) is 9.53. The Bertz CT molecular complexity index is 247. The van der Waals surface area contributed by atoms with Gasteiger partial charge in [-0.25, -0.2) is 0 Å². The van der Waals surface area contributed by atoms with Crippen LogP contribution in [0.1, 0.15) is 6.42 Å². The molecule has 0 saturated carbocycles. The summed E-state index contributed by atoms with van der Waals surface area (Å²) < 4.78 is 0. The van der Waals surface area contributed by atoms with Crippen LogP contribution in [-0.4, -0.2) is 41.1 Å². The number of nitrogen functional groups attached to an aromatic ring is 3. The van der Waals surface area contributed by atoms with Crippen molar-refractivity contribution in [1.82, 2.24) is 20.3 Å². The van der Waals surface area contributed by atoms with Crippen molar-refractivity contribution in [2.45, 2.75) is 6.42 Å². The lowest BCUT2D eigenvalue weighted by Crippen LogP contribution is -2.24. The molecule has 9 heteroatoms. The molecule has 0 radical (unpaired) electrons. The summed E-state index contributed by atoms with van der Waals surface area (Å²) in [6.07, 6.45) is 1.04. The van der Waals surface area contributed by atoms with Crippen LogP contribution in [0.15, 0.2) is 0 Å². The molecule has 1 aromatic heterocycles. The summed E-state index contributed by atoms with van der Waals surface area (Å²) in [4.78, 5) is 10.5. The van der Waals surface area contributed by atoms with Crippen LogP contribution in [0.3, 0.4) is 0 Å². The summed E-state index contributed by atoms with van der Waals surface area (Å²) in [7, 11) is 0. The van der Waals surface area contributed by atoms with Gasteiger partial charge in [-0.05, 0) is 19.5 Å². The molecule has 0 aliphatic rings. The molecule has 0 unspecified atom stereocenters. The third-order valence-electron chi connectivity index (χ3n) is 1.57. The van der Waals surface area contributed by atoms with Gasteiger partial charge in [0.2, 0.25) is 17.8 Å². The Hall–Kier alpha value is -1.71. The molecule has 0 fully saturated rings. The first kappa shape index (κ1) is 15.3. The van der Waals surface area contributed by atoms with Gasteiger partial charge >= 0.3 is 0 Å². The molecule has 0 aliphatic heterocycles. The zero-order valence-corrected chi connectivity index (χ0v) is 9.76. The summed E-state index contributed by atoms with van der Waals surface area (Å²) in [5, 5.41) is 3.13. The Morgan fingerprint density at radius 1 is 0.765 bits per heavy atom. The van der Waals surface area contributed by atoms with E-state index in [1.165, 1.54) is 0 Å². The third-order valence-corrected chi connectivity index (χ3v) is 1.57. The second-order valence-corrected chi connectivity index (χ2v) is 3.09. The van der Waals surface area contributed by atoms with E-state index in [2.05, 4.69) is 20.3 Å². The van der Waals surface area contributed by atoms with E-state index in [0.29, 0.717) is 6.54 Å². The maximum atomic E-state index is 5.24. The van der Waals surface area contributed by atoms with E-state index in [1.54, 1.807) is 0 Å². The van der Waals surface area contributed by atoms with Crippen molar-refractivity contribution in [2.75, 3.05) is 43.4 Å². The lowest BCUT2D eigenvalue weighted by molar-refractivity contribution is 0.659. The minimum absolute atomic E-state index is 0.0417. The van der Waals surface area contributed by atoms with Gasteiger partial charge < -0.3 is 34.0 Å². The summed E-state index contributed by atoms with van der Waals surface area (Å²) in [6.45, 7) is 3.37. The number of nitrogens with two attached hydrogens (primary N) is 5. The Labute approximate surface area is 100 Å². The first-order valence-corrected chi connectivity index (χ1v) is 5.23. The first-order chi connectivity index (χ1) is 8.10. The molecule has 0 spiro atoms. The maximum absolute atomic E-state index is 5.24. The highest BCUT2D eigenvalue weighted by atomic mass is 15.2. The molecule has 1 rings (SSSR count). The number of aromatic nitrogens is 3. The number of nitrogens with one attached hydrogen (secondary N) is 1. The number of hydrogen-bond donors (Lipinski definition) is 6. The van der Waals surface area contributed by atoms with Gasteiger partial charge in [0.15, 0.2) is 0 Å². The molecule has 0 bridgehead atoms. The van der Waals surface area contributed by atoms with Gasteiger partial charge in [0.1, 0.15) is 0 Å². The molecule has 9 nitrogen and oxygen atoms in total. The van der Waals surface area contributed by atoms with E-state index in [1.807, 2.05) is 0 Å². The van der Waals surface area contributed by atoms with E-state index < -0.39 is 0 Å². The molecular formula is C8H21N9. The molecule has 0 aliphatic carbocycles. The van der Waals surface area contributed by atoms with Gasteiger partial charge in [-0.3, -0.25) is 0 Å². The Kier molecular flexibility index (Phi) is 8.55. The fourth-order valence-corrected chi connectivity index (χ4v) is 0.881. The molecule has 17 heavy (non-hydrogen) atoms. The van der Waals surface area contributed by atoms with Crippen LogP contribution in [0.2, 0.25) is 0 Å². The van der Waals surface area contributed by atoms with Crippen molar-refractivity contribution in [3.63, 3.8) is 0 Å². The SMILES string of the molecule is NCCCNCCN.Nc1nc(N)nc(N)n1. The predicted molar refractivity (Wildman–Crippen MR) is 68.7 cm³/mol. The van der Waals surface area contributed by atoms with Crippen molar-refractivity contribution >= 4 is 17.8 Å². The molecule has 11 N–H and O–H groups in total. The molecule has 0 atom stereocenters. The van der Waals surface area contributed by atoms with E-state index in [4.69, 9.17) is 28.7 Å². The van der Waals surface area contributed by atoms with Crippen LogP contribution in [-0.2, 0) is 0 Å². The lowest BCUT2D eigenvalue weighted by Gasteiger charge is -1.98. The highest BCUT2D eigenvalue weighted by Crippen LogP contribution is 1.97. The van der Waals surface area contributed by atoms with Crippen molar-refractivity contribution < 1.29 is 0 Å². The Morgan fingerprint density at radius 2 is 1.24 bits per heavy atom. The smallest absolute Gasteiger partial charge is 0.226 e. The van der Waals surface area contributed by atoms with Crippen molar-refractivity contribution in [1.29, 1.82) is 0 Å². The zero-order valence-electron chi connectivity index (χ0n) is 9.76. The molecule has 0 amide bonds. The van der Waals surface area contributed by atoms with Crippen LogP contribution >= 0.6 is 0 Å². The van der Waals surface area contributed by atoms with Crippen LogP contribution in [0, 0.1) is 0 Å². The van der Waals surface area contributed by atoms with E-state index >= 15 is 0 Å². The number of anilines is 3. The van der Waals surface area contributed by atoms with Crippen LogP contribution in [0.25, 0.3) is 0 Å².